The smallest absolute Gasteiger partial charge is 0.264 e. The van der Waals surface area contributed by atoms with E-state index in [2.05, 4.69) is 5.32 Å². The molecule has 218 valence electrons. The Morgan fingerprint density at radius 2 is 1.63 bits per heavy atom. The molecule has 0 aromatic heterocycles. The van der Waals surface area contributed by atoms with Gasteiger partial charge in [0.25, 0.3) is 10.0 Å². The van der Waals surface area contributed by atoms with Crippen LogP contribution in [0.4, 0.5) is 5.69 Å². The number of hydrogen-bond acceptors (Lipinski definition) is 4. The number of amides is 2. The molecule has 0 bridgehead atoms. The normalized spacial score (nSPS) is 14.4. The van der Waals surface area contributed by atoms with Gasteiger partial charge >= 0.3 is 0 Å². The second-order valence-electron chi connectivity index (χ2n) is 10.7. The van der Waals surface area contributed by atoms with Crippen molar-refractivity contribution in [3.8, 4) is 0 Å². The Morgan fingerprint density at radius 3 is 2.27 bits per heavy atom. The number of aryl methyl sites for hydroxylation is 2. The minimum absolute atomic E-state index is 0.0482. The predicted molar refractivity (Wildman–Crippen MR) is 163 cm³/mol. The Kier molecular flexibility index (Phi) is 10.1. The number of carbonyl (C=O) groups is 2. The van der Waals surface area contributed by atoms with E-state index in [1.165, 1.54) is 17.0 Å². The predicted octanol–water partition coefficient (Wildman–Crippen LogP) is 6.02. The molecule has 1 aliphatic rings. The molecule has 0 saturated heterocycles. The molecule has 3 aromatic rings. The van der Waals surface area contributed by atoms with Crippen LogP contribution < -0.4 is 9.62 Å². The zero-order chi connectivity index (χ0) is 29.6. The zero-order valence-electron chi connectivity index (χ0n) is 23.8. The van der Waals surface area contributed by atoms with Crippen molar-refractivity contribution >= 4 is 39.1 Å². The summed E-state index contributed by atoms with van der Waals surface area (Å²) in [6.45, 7) is 5.35. The Labute approximate surface area is 248 Å². The maximum absolute atomic E-state index is 14.2. The van der Waals surface area contributed by atoms with Crippen LogP contribution in [0.3, 0.4) is 0 Å². The summed E-state index contributed by atoms with van der Waals surface area (Å²) in [5.74, 6) is -0.707. The molecule has 1 atom stereocenters. The van der Waals surface area contributed by atoms with Gasteiger partial charge in [0.1, 0.15) is 12.6 Å². The van der Waals surface area contributed by atoms with E-state index >= 15 is 0 Å². The lowest BCUT2D eigenvalue weighted by atomic mass is 10.1. The number of anilines is 1. The standard InChI is InChI=1S/C32H38ClN3O4S/c1-4-29(32(38)34-26-12-5-6-13-26)35(21-25-11-9-10-24(3)20-25)31(37)22-36(30-15-8-7-14-28(30)33)41(39,40)27-18-16-23(2)17-19-27/h7-11,14-20,26,29H,4-6,12-13,21-22H2,1-3H3,(H,34,38)/t29-/m0/s1. The van der Waals surface area contributed by atoms with Gasteiger partial charge < -0.3 is 10.2 Å². The quantitative estimate of drug-likeness (QED) is 0.294. The number of nitrogens with one attached hydrogen (secondary N) is 1. The molecule has 0 radical (unpaired) electrons. The molecule has 0 heterocycles. The molecular formula is C32H38ClN3O4S. The molecule has 1 saturated carbocycles. The number of halogens is 1. The minimum Gasteiger partial charge on any atom is -0.352 e. The molecule has 9 heteroatoms. The van der Waals surface area contributed by atoms with Crippen molar-refractivity contribution in [1.82, 2.24) is 10.2 Å². The maximum Gasteiger partial charge on any atom is 0.264 e. The fourth-order valence-corrected chi connectivity index (χ4v) is 7.02. The largest absolute Gasteiger partial charge is 0.352 e. The van der Waals surface area contributed by atoms with Gasteiger partial charge in [-0.3, -0.25) is 13.9 Å². The van der Waals surface area contributed by atoms with E-state index in [9.17, 15) is 18.0 Å². The van der Waals surface area contributed by atoms with Gasteiger partial charge in [-0.25, -0.2) is 8.42 Å². The fraction of sp³-hybridized carbons (Fsp3) is 0.375. The zero-order valence-corrected chi connectivity index (χ0v) is 25.4. The molecule has 0 unspecified atom stereocenters. The van der Waals surface area contributed by atoms with Crippen molar-refractivity contribution in [3.63, 3.8) is 0 Å². The van der Waals surface area contributed by atoms with Crippen LogP contribution in [0.2, 0.25) is 5.02 Å². The highest BCUT2D eigenvalue weighted by atomic mass is 35.5. The van der Waals surface area contributed by atoms with E-state index in [0.717, 1.165) is 46.7 Å². The molecule has 7 nitrogen and oxygen atoms in total. The van der Waals surface area contributed by atoms with Crippen LogP contribution in [-0.2, 0) is 26.2 Å². The van der Waals surface area contributed by atoms with E-state index in [1.807, 2.05) is 45.0 Å². The van der Waals surface area contributed by atoms with Gasteiger partial charge in [0.05, 0.1) is 15.6 Å². The molecule has 1 N–H and O–H groups in total. The molecule has 0 spiro atoms. The van der Waals surface area contributed by atoms with Crippen LogP contribution in [0.1, 0.15) is 55.7 Å². The summed E-state index contributed by atoms with van der Waals surface area (Å²) in [4.78, 5) is 29.3. The lowest BCUT2D eigenvalue weighted by molar-refractivity contribution is -0.140. The van der Waals surface area contributed by atoms with Gasteiger partial charge in [0.15, 0.2) is 0 Å². The van der Waals surface area contributed by atoms with E-state index in [0.29, 0.717) is 6.42 Å². The summed E-state index contributed by atoms with van der Waals surface area (Å²) in [6, 6.07) is 20.1. The van der Waals surface area contributed by atoms with Crippen molar-refractivity contribution in [2.75, 3.05) is 10.8 Å². The van der Waals surface area contributed by atoms with E-state index in [4.69, 9.17) is 11.6 Å². The first-order valence-electron chi connectivity index (χ1n) is 14.1. The molecule has 2 amide bonds. The Balaban J connectivity index is 1.72. The van der Waals surface area contributed by atoms with Crippen LogP contribution in [0, 0.1) is 13.8 Å². The molecule has 0 aliphatic heterocycles. The van der Waals surface area contributed by atoms with Gasteiger partial charge in [-0.15, -0.1) is 0 Å². The fourth-order valence-electron chi connectivity index (χ4n) is 5.30. The summed E-state index contributed by atoms with van der Waals surface area (Å²) in [5, 5.41) is 3.33. The molecule has 4 rings (SSSR count). The Hall–Kier alpha value is -3.36. The highest BCUT2D eigenvalue weighted by Gasteiger charge is 2.35. The highest BCUT2D eigenvalue weighted by Crippen LogP contribution is 2.31. The van der Waals surface area contributed by atoms with Crippen molar-refractivity contribution in [1.29, 1.82) is 0 Å². The first-order valence-corrected chi connectivity index (χ1v) is 15.9. The summed E-state index contributed by atoms with van der Waals surface area (Å²) in [5.41, 5.74) is 2.99. The summed E-state index contributed by atoms with van der Waals surface area (Å²) < 4.78 is 29.0. The average Bonchev–Trinajstić information content (AvgIpc) is 3.45. The first-order chi connectivity index (χ1) is 19.6. The monoisotopic (exact) mass is 595 g/mol. The SMILES string of the molecule is CC[C@@H](C(=O)NC1CCCC1)N(Cc1cccc(C)c1)C(=O)CN(c1ccccc1Cl)S(=O)(=O)c1ccc(C)cc1. The van der Waals surface area contributed by atoms with Crippen molar-refractivity contribution in [2.45, 2.75) is 76.4 Å². The second-order valence-corrected chi connectivity index (χ2v) is 13.0. The number of nitrogens with zero attached hydrogens (tertiary/aromatic N) is 2. The molecule has 1 aliphatic carbocycles. The van der Waals surface area contributed by atoms with E-state index in [1.54, 1.807) is 36.4 Å². The Bertz CT molecular complexity index is 1470. The number of para-hydroxylation sites is 1. The third kappa shape index (κ3) is 7.49. The minimum atomic E-state index is -4.17. The van der Waals surface area contributed by atoms with Gasteiger partial charge in [-0.1, -0.05) is 91.0 Å². The number of benzene rings is 3. The van der Waals surface area contributed by atoms with Crippen LogP contribution in [0.15, 0.2) is 77.7 Å². The third-order valence-corrected chi connectivity index (χ3v) is 9.63. The average molecular weight is 596 g/mol. The van der Waals surface area contributed by atoms with Crippen molar-refractivity contribution in [3.05, 3.63) is 94.5 Å². The maximum atomic E-state index is 14.2. The topological polar surface area (TPSA) is 86.8 Å². The highest BCUT2D eigenvalue weighted by molar-refractivity contribution is 7.92. The third-order valence-electron chi connectivity index (χ3n) is 7.53. The summed E-state index contributed by atoms with van der Waals surface area (Å²) in [7, 11) is -4.17. The number of carbonyl (C=O) groups excluding carboxylic acids is 2. The van der Waals surface area contributed by atoms with Gasteiger partial charge in [0.2, 0.25) is 11.8 Å². The van der Waals surface area contributed by atoms with Crippen molar-refractivity contribution < 1.29 is 18.0 Å². The van der Waals surface area contributed by atoms with E-state index < -0.39 is 28.5 Å². The lowest BCUT2D eigenvalue weighted by Crippen LogP contribution is -2.53. The second kappa shape index (κ2) is 13.5. The Morgan fingerprint density at radius 1 is 0.951 bits per heavy atom. The number of sulfonamides is 1. The van der Waals surface area contributed by atoms with Crippen LogP contribution in [-0.4, -0.2) is 43.8 Å². The van der Waals surface area contributed by atoms with Gasteiger partial charge in [-0.2, -0.15) is 0 Å². The van der Waals surface area contributed by atoms with Crippen molar-refractivity contribution in [2.24, 2.45) is 0 Å². The number of hydrogen-bond donors (Lipinski definition) is 1. The summed E-state index contributed by atoms with van der Waals surface area (Å²) >= 11 is 6.49. The van der Waals surface area contributed by atoms with Gasteiger partial charge in [0, 0.05) is 12.6 Å². The van der Waals surface area contributed by atoms with E-state index in [-0.39, 0.29) is 34.1 Å². The van der Waals surface area contributed by atoms with Crippen LogP contribution >= 0.6 is 11.6 Å². The molecular weight excluding hydrogens is 558 g/mol. The molecule has 3 aromatic carbocycles. The molecule has 41 heavy (non-hydrogen) atoms. The van der Waals surface area contributed by atoms with Gasteiger partial charge in [-0.05, 0) is 62.9 Å². The summed E-state index contributed by atoms with van der Waals surface area (Å²) in [6.07, 6.45) is 4.35. The van der Waals surface area contributed by atoms with Crippen LogP contribution in [0.25, 0.3) is 0 Å². The lowest BCUT2D eigenvalue weighted by Gasteiger charge is -2.34. The molecule has 1 fully saturated rings. The number of rotatable bonds is 11. The van der Waals surface area contributed by atoms with Crippen LogP contribution in [0.5, 0.6) is 0 Å². The first kappa shape index (κ1) is 30.6.